The van der Waals surface area contributed by atoms with E-state index in [2.05, 4.69) is 0 Å². The van der Waals surface area contributed by atoms with E-state index in [1.54, 1.807) is 24.3 Å². The molecule has 7 nitrogen and oxygen atoms in total. The van der Waals surface area contributed by atoms with Crippen LogP contribution in [-0.2, 0) is 9.47 Å². The molecule has 0 spiro atoms. The first-order chi connectivity index (χ1) is 14.1. The molecule has 2 aliphatic rings. The van der Waals surface area contributed by atoms with Gasteiger partial charge < -0.3 is 14.2 Å². The van der Waals surface area contributed by atoms with Crippen LogP contribution in [0.25, 0.3) is 0 Å². The molecular formula is C22H21NO6. The quantitative estimate of drug-likeness (QED) is 0.552. The van der Waals surface area contributed by atoms with Crippen LogP contribution in [0.4, 0.5) is 5.69 Å². The zero-order valence-electron chi connectivity index (χ0n) is 16.1. The van der Waals surface area contributed by atoms with Gasteiger partial charge in [-0.25, -0.2) is 9.69 Å². The van der Waals surface area contributed by atoms with Gasteiger partial charge in [0.25, 0.3) is 11.8 Å². The lowest BCUT2D eigenvalue weighted by atomic mass is 10.1. The van der Waals surface area contributed by atoms with Crippen LogP contribution in [0.15, 0.2) is 42.5 Å². The van der Waals surface area contributed by atoms with Crippen LogP contribution in [-0.4, -0.2) is 43.7 Å². The van der Waals surface area contributed by atoms with Crippen molar-refractivity contribution < 1.29 is 28.6 Å². The molecule has 2 aromatic rings. The second kappa shape index (κ2) is 8.05. The number of ether oxygens (including phenoxy) is 3. The summed E-state index contributed by atoms with van der Waals surface area (Å²) in [5.74, 6) is -0.774. The van der Waals surface area contributed by atoms with Gasteiger partial charge in [0, 0.05) is 6.61 Å². The zero-order valence-corrected chi connectivity index (χ0v) is 16.1. The SMILES string of the molecule is CCOc1ccc(N2C(=O)c3ccc(C(=O)OCC4CCCO4)cc3C2=O)cc1. The van der Waals surface area contributed by atoms with Crippen LogP contribution < -0.4 is 9.64 Å². The van der Waals surface area contributed by atoms with Crippen molar-refractivity contribution in [3.05, 3.63) is 59.2 Å². The fraction of sp³-hybridized carbons (Fsp3) is 0.318. The number of hydrogen-bond donors (Lipinski definition) is 0. The van der Waals surface area contributed by atoms with Crippen molar-refractivity contribution in [3.8, 4) is 5.75 Å². The van der Waals surface area contributed by atoms with Crippen molar-refractivity contribution in [2.75, 3.05) is 24.7 Å². The highest BCUT2D eigenvalue weighted by Gasteiger charge is 2.37. The van der Waals surface area contributed by atoms with Gasteiger partial charge in [-0.1, -0.05) is 0 Å². The van der Waals surface area contributed by atoms with E-state index in [9.17, 15) is 14.4 Å². The summed E-state index contributed by atoms with van der Waals surface area (Å²) in [6.07, 6.45) is 1.74. The summed E-state index contributed by atoms with van der Waals surface area (Å²) in [6.45, 7) is 3.26. The minimum Gasteiger partial charge on any atom is -0.494 e. The molecule has 7 heteroatoms. The number of fused-ring (bicyclic) bond motifs is 1. The van der Waals surface area contributed by atoms with Gasteiger partial charge >= 0.3 is 5.97 Å². The molecule has 1 unspecified atom stereocenters. The molecule has 1 saturated heterocycles. The summed E-state index contributed by atoms with van der Waals surface area (Å²) in [6, 6.07) is 11.1. The third-order valence-corrected chi connectivity index (χ3v) is 4.95. The smallest absolute Gasteiger partial charge is 0.338 e. The van der Waals surface area contributed by atoms with Gasteiger partial charge in [0.15, 0.2) is 0 Å². The van der Waals surface area contributed by atoms with Gasteiger partial charge in [0.1, 0.15) is 12.4 Å². The van der Waals surface area contributed by atoms with Crippen molar-refractivity contribution in [1.82, 2.24) is 0 Å². The standard InChI is InChI=1S/C22H21NO6/c1-2-27-16-8-6-15(7-9-16)23-20(24)18-10-5-14(12-19(18)21(23)25)22(26)29-13-17-4-3-11-28-17/h5-10,12,17H,2-4,11,13H2,1H3. The highest BCUT2D eigenvalue weighted by Crippen LogP contribution is 2.30. The van der Waals surface area contributed by atoms with E-state index < -0.39 is 17.8 Å². The molecule has 2 aromatic carbocycles. The number of carbonyl (C=O) groups is 3. The second-order valence-corrected chi connectivity index (χ2v) is 6.87. The topological polar surface area (TPSA) is 82.1 Å². The number of hydrogen-bond acceptors (Lipinski definition) is 6. The molecule has 2 amide bonds. The van der Waals surface area contributed by atoms with Gasteiger partial charge in [-0.15, -0.1) is 0 Å². The Hall–Kier alpha value is -3.19. The van der Waals surface area contributed by atoms with E-state index in [4.69, 9.17) is 14.2 Å². The maximum Gasteiger partial charge on any atom is 0.338 e. The van der Waals surface area contributed by atoms with Crippen LogP contribution in [0, 0.1) is 0 Å². The number of benzene rings is 2. The minimum absolute atomic E-state index is 0.0771. The fourth-order valence-electron chi connectivity index (χ4n) is 3.49. The summed E-state index contributed by atoms with van der Waals surface area (Å²) in [5.41, 5.74) is 1.13. The molecule has 2 heterocycles. The van der Waals surface area contributed by atoms with Gasteiger partial charge in [-0.3, -0.25) is 9.59 Å². The molecular weight excluding hydrogens is 374 g/mol. The van der Waals surface area contributed by atoms with Crippen LogP contribution in [0.2, 0.25) is 0 Å². The van der Waals surface area contributed by atoms with E-state index in [-0.39, 0.29) is 29.4 Å². The lowest BCUT2D eigenvalue weighted by Crippen LogP contribution is -2.29. The first-order valence-corrected chi connectivity index (χ1v) is 9.63. The highest BCUT2D eigenvalue weighted by atomic mass is 16.6. The number of amides is 2. The van der Waals surface area contributed by atoms with Crippen molar-refractivity contribution >= 4 is 23.5 Å². The third-order valence-electron chi connectivity index (χ3n) is 4.95. The van der Waals surface area contributed by atoms with Crippen LogP contribution in [0.3, 0.4) is 0 Å². The first kappa shape index (κ1) is 19.1. The predicted molar refractivity (Wildman–Crippen MR) is 104 cm³/mol. The normalized spacial score (nSPS) is 18.1. The number of carbonyl (C=O) groups excluding carboxylic acids is 3. The molecule has 0 radical (unpaired) electrons. The van der Waals surface area contributed by atoms with Gasteiger partial charge in [0.2, 0.25) is 0 Å². The van der Waals surface area contributed by atoms with Crippen molar-refractivity contribution in [2.24, 2.45) is 0 Å². The average Bonchev–Trinajstić information content (AvgIpc) is 3.34. The average molecular weight is 395 g/mol. The van der Waals surface area contributed by atoms with E-state index >= 15 is 0 Å². The second-order valence-electron chi connectivity index (χ2n) is 6.87. The number of rotatable bonds is 6. The van der Waals surface area contributed by atoms with Gasteiger partial charge in [0.05, 0.1) is 35.1 Å². The molecule has 1 fully saturated rings. The summed E-state index contributed by atoms with van der Waals surface area (Å²) in [5, 5.41) is 0. The summed E-state index contributed by atoms with van der Waals surface area (Å²) >= 11 is 0. The van der Waals surface area contributed by atoms with Crippen molar-refractivity contribution in [1.29, 1.82) is 0 Å². The Morgan fingerprint density at radius 3 is 2.55 bits per heavy atom. The number of nitrogens with zero attached hydrogens (tertiary/aromatic N) is 1. The molecule has 0 N–H and O–H groups in total. The molecule has 0 saturated carbocycles. The summed E-state index contributed by atoms with van der Waals surface area (Å²) < 4.78 is 16.1. The fourth-order valence-corrected chi connectivity index (χ4v) is 3.49. The predicted octanol–water partition coefficient (Wildman–Crippen LogP) is 3.22. The van der Waals surface area contributed by atoms with Crippen LogP contribution in [0.5, 0.6) is 5.75 Å². The minimum atomic E-state index is -0.539. The van der Waals surface area contributed by atoms with E-state index in [1.165, 1.54) is 18.2 Å². The summed E-state index contributed by atoms with van der Waals surface area (Å²) in [4.78, 5) is 39.0. The Balaban J connectivity index is 1.51. The molecule has 4 rings (SSSR count). The maximum absolute atomic E-state index is 12.9. The maximum atomic E-state index is 12.9. The van der Waals surface area contributed by atoms with E-state index in [1.807, 2.05) is 6.92 Å². The monoisotopic (exact) mass is 395 g/mol. The molecule has 150 valence electrons. The van der Waals surface area contributed by atoms with E-state index in [0.29, 0.717) is 24.7 Å². The molecule has 0 aromatic heterocycles. The lowest BCUT2D eigenvalue weighted by molar-refractivity contribution is 0.0161. The van der Waals surface area contributed by atoms with Gasteiger partial charge in [-0.2, -0.15) is 0 Å². The molecule has 0 bridgehead atoms. The Kier molecular flexibility index (Phi) is 5.31. The highest BCUT2D eigenvalue weighted by molar-refractivity contribution is 6.34. The molecule has 2 aliphatic heterocycles. The first-order valence-electron chi connectivity index (χ1n) is 9.63. The third kappa shape index (κ3) is 3.73. The Bertz CT molecular complexity index is 946. The van der Waals surface area contributed by atoms with Crippen molar-refractivity contribution in [2.45, 2.75) is 25.9 Å². The van der Waals surface area contributed by atoms with Crippen LogP contribution >= 0.6 is 0 Å². The number of imide groups is 1. The summed E-state index contributed by atoms with van der Waals surface area (Å²) in [7, 11) is 0. The lowest BCUT2D eigenvalue weighted by Gasteiger charge is -2.14. The van der Waals surface area contributed by atoms with Crippen molar-refractivity contribution in [3.63, 3.8) is 0 Å². The van der Waals surface area contributed by atoms with Gasteiger partial charge in [-0.05, 0) is 62.2 Å². The zero-order chi connectivity index (χ0) is 20.4. The number of esters is 1. The molecule has 0 aliphatic carbocycles. The van der Waals surface area contributed by atoms with E-state index in [0.717, 1.165) is 17.7 Å². The Morgan fingerprint density at radius 2 is 1.86 bits per heavy atom. The Morgan fingerprint density at radius 1 is 1.10 bits per heavy atom. The Labute approximate surface area is 168 Å². The largest absolute Gasteiger partial charge is 0.494 e. The molecule has 29 heavy (non-hydrogen) atoms. The molecule has 1 atom stereocenters. The number of anilines is 1. The van der Waals surface area contributed by atoms with Crippen LogP contribution in [0.1, 0.15) is 50.8 Å².